The molecule has 0 spiro atoms. The van der Waals surface area contributed by atoms with Crippen molar-refractivity contribution in [2.75, 3.05) is 0 Å². The van der Waals surface area contributed by atoms with Gasteiger partial charge in [-0.15, -0.1) is 0 Å². The van der Waals surface area contributed by atoms with Crippen LogP contribution in [-0.4, -0.2) is 11.9 Å². The van der Waals surface area contributed by atoms with E-state index in [0.717, 1.165) is 6.42 Å². The molecule has 0 unspecified atom stereocenters. The van der Waals surface area contributed by atoms with Crippen LogP contribution in [0.25, 0.3) is 0 Å². The number of rotatable bonds is 0. The number of hydrogen-bond donors (Lipinski definition) is 0. The number of fused-ring (bicyclic) bond motifs is 5. The Bertz CT molecular complexity index is 342. The lowest BCUT2D eigenvalue weighted by Gasteiger charge is -2.17. The van der Waals surface area contributed by atoms with E-state index in [1.54, 1.807) is 0 Å². The average molecular weight is 178 g/mol. The fraction of sp³-hybridized carbons (Fsp3) is 0.600. The molecule has 1 saturated heterocycles. The van der Waals surface area contributed by atoms with Gasteiger partial charge in [-0.05, 0) is 25.2 Å². The Morgan fingerprint density at radius 1 is 1.31 bits per heavy atom. The molecule has 0 aromatic rings. The standard InChI is InChI=1S/C10H10O3/c1-4-2-5-3-6(4)8-7(5)9(11)13-10(8)12/h2,5-8H,3H2,1H3/t5-,6+,7-,8-/m1/s1. The van der Waals surface area contributed by atoms with Crippen LogP contribution in [0.2, 0.25) is 0 Å². The Kier molecular flexibility index (Phi) is 1.14. The summed E-state index contributed by atoms with van der Waals surface area (Å²) < 4.78 is 4.65. The number of cyclic esters (lactones) is 2. The molecule has 4 atom stereocenters. The lowest BCUT2D eigenvalue weighted by Crippen LogP contribution is -2.23. The summed E-state index contributed by atoms with van der Waals surface area (Å²) in [6, 6.07) is 0. The molecule has 0 radical (unpaired) electrons. The normalized spacial score (nSPS) is 46.4. The molecule has 3 aliphatic rings. The minimum atomic E-state index is -0.300. The van der Waals surface area contributed by atoms with Gasteiger partial charge in [0.15, 0.2) is 0 Å². The number of allylic oxidation sites excluding steroid dienone is 2. The van der Waals surface area contributed by atoms with E-state index >= 15 is 0 Å². The van der Waals surface area contributed by atoms with Crippen molar-refractivity contribution in [2.24, 2.45) is 23.7 Å². The van der Waals surface area contributed by atoms with Crippen LogP contribution in [0.5, 0.6) is 0 Å². The van der Waals surface area contributed by atoms with Gasteiger partial charge in [0, 0.05) is 0 Å². The summed E-state index contributed by atoms with van der Waals surface area (Å²) in [5.41, 5.74) is 1.26. The van der Waals surface area contributed by atoms with Gasteiger partial charge in [0.1, 0.15) is 0 Å². The zero-order valence-corrected chi connectivity index (χ0v) is 7.32. The van der Waals surface area contributed by atoms with E-state index in [4.69, 9.17) is 0 Å². The van der Waals surface area contributed by atoms with Gasteiger partial charge in [0.25, 0.3) is 0 Å². The molecule has 0 aromatic carbocycles. The molecule has 3 heteroatoms. The topological polar surface area (TPSA) is 43.4 Å². The predicted octanol–water partition coefficient (Wildman–Crippen LogP) is 0.898. The zero-order valence-electron chi connectivity index (χ0n) is 7.32. The lowest BCUT2D eigenvalue weighted by molar-refractivity contribution is -0.154. The van der Waals surface area contributed by atoms with Crippen LogP contribution in [0.1, 0.15) is 13.3 Å². The molecule has 68 valence electrons. The van der Waals surface area contributed by atoms with Crippen molar-refractivity contribution in [1.82, 2.24) is 0 Å². The molecule has 2 aliphatic carbocycles. The molecule has 3 rings (SSSR count). The van der Waals surface area contributed by atoms with E-state index in [1.165, 1.54) is 5.57 Å². The van der Waals surface area contributed by atoms with Crippen molar-refractivity contribution in [3.63, 3.8) is 0 Å². The van der Waals surface area contributed by atoms with Gasteiger partial charge in [0.2, 0.25) is 0 Å². The highest BCUT2D eigenvalue weighted by molar-refractivity contribution is 5.98. The molecule has 2 fully saturated rings. The first-order chi connectivity index (χ1) is 6.18. The van der Waals surface area contributed by atoms with E-state index in [9.17, 15) is 9.59 Å². The van der Waals surface area contributed by atoms with Crippen LogP contribution < -0.4 is 0 Å². The summed E-state index contributed by atoms with van der Waals surface area (Å²) in [6.45, 7) is 2.04. The number of ether oxygens (including phenoxy) is 1. The highest BCUT2D eigenvalue weighted by Crippen LogP contribution is 2.54. The van der Waals surface area contributed by atoms with Crippen LogP contribution in [0.4, 0.5) is 0 Å². The number of hydrogen-bond acceptors (Lipinski definition) is 3. The van der Waals surface area contributed by atoms with Gasteiger partial charge in [-0.2, -0.15) is 0 Å². The van der Waals surface area contributed by atoms with Crippen LogP contribution >= 0.6 is 0 Å². The second-order valence-electron chi connectivity index (χ2n) is 4.21. The van der Waals surface area contributed by atoms with E-state index in [2.05, 4.69) is 10.8 Å². The Morgan fingerprint density at radius 3 is 2.77 bits per heavy atom. The SMILES string of the molecule is CC1=C[C@@H]2C[C@@H]1[C@H]1C(=O)OC(=O)[C@@H]12. The molecule has 3 nitrogen and oxygen atoms in total. The van der Waals surface area contributed by atoms with E-state index < -0.39 is 0 Å². The van der Waals surface area contributed by atoms with E-state index in [0.29, 0.717) is 0 Å². The molecule has 2 bridgehead atoms. The van der Waals surface area contributed by atoms with Crippen molar-refractivity contribution in [3.05, 3.63) is 11.6 Å². The third-order valence-corrected chi connectivity index (χ3v) is 3.62. The third-order valence-electron chi connectivity index (χ3n) is 3.62. The Hall–Kier alpha value is -1.12. The maximum Gasteiger partial charge on any atom is 0.318 e. The summed E-state index contributed by atoms with van der Waals surface area (Å²) in [7, 11) is 0. The molecular formula is C10H10O3. The highest BCUT2D eigenvalue weighted by atomic mass is 16.6. The zero-order chi connectivity index (χ0) is 9.16. The Labute approximate surface area is 75.8 Å². The summed E-state index contributed by atoms with van der Waals surface area (Å²) in [4.78, 5) is 22.6. The van der Waals surface area contributed by atoms with Crippen molar-refractivity contribution in [3.8, 4) is 0 Å². The van der Waals surface area contributed by atoms with Gasteiger partial charge in [-0.3, -0.25) is 9.59 Å². The largest absolute Gasteiger partial charge is 0.393 e. The molecular weight excluding hydrogens is 168 g/mol. The summed E-state index contributed by atoms with van der Waals surface area (Å²) >= 11 is 0. The third kappa shape index (κ3) is 0.705. The maximum absolute atomic E-state index is 11.3. The summed E-state index contributed by atoms with van der Waals surface area (Å²) in [6.07, 6.45) is 3.10. The van der Waals surface area contributed by atoms with Crippen LogP contribution in [0, 0.1) is 23.7 Å². The Morgan fingerprint density at radius 2 is 2.00 bits per heavy atom. The molecule has 1 heterocycles. The van der Waals surface area contributed by atoms with Gasteiger partial charge >= 0.3 is 11.9 Å². The molecule has 0 N–H and O–H groups in total. The highest BCUT2D eigenvalue weighted by Gasteiger charge is 2.59. The number of esters is 2. The first-order valence-electron chi connectivity index (χ1n) is 4.62. The molecule has 0 aromatic heterocycles. The van der Waals surface area contributed by atoms with Crippen LogP contribution in [0.15, 0.2) is 11.6 Å². The number of carbonyl (C=O) groups excluding carboxylic acids is 2. The summed E-state index contributed by atoms with van der Waals surface area (Å²) in [5, 5.41) is 0. The summed E-state index contributed by atoms with van der Waals surface area (Å²) in [5.74, 6) is -0.340. The van der Waals surface area contributed by atoms with Gasteiger partial charge in [-0.1, -0.05) is 11.6 Å². The minimum absolute atomic E-state index is 0.150. The quantitative estimate of drug-likeness (QED) is 0.314. The first kappa shape index (κ1) is 7.30. The van der Waals surface area contributed by atoms with Crippen molar-refractivity contribution < 1.29 is 14.3 Å². The van der Waals surface area contributed by atoms with Crippen molar-refractivity contribution >= 4 is 11.9 Å². The molecule has 13 heavy (non-hydrogen) atoms. The van der Waals surface area contributed by atoms with Gasteiger partial charge in [-0.25, -0.2) is 0 Å². The smallest absolute Gasteiger partial charge is 0.318 e. The number of carbonyl (C=O) groups is 2. The van der Waals surface area contributed by atoms with Crippen molar-refractivity contribution in [1.29, 1.82) is 0 Å². The van der Waals surface area contributed by atoms with Crippen LogP contribution in [-0.2, 0) is 14.3 Å². The Balaban J connectivity index is 2.08. The van der Waals surface area contributed by atoms with Gasteiger partial charge < -0.3 is 4.74 Å². The lowest BCUT2D eigenvalue weighted by atomic mass is 9.82. The minimum Gasteiger partial charge on any atom is -0.393 e. The fourth-order valence-electron chi connectivity index (χ4n) is 3.07. The van der Waals surface area contributed by atoms with Crippen molar-refractivity contribution in [2.45, 2.75) is 13.3 Å². The monoisotopic (exact) mass is 178 g/mol. The molecule has 1 saturated carbocycles. The van der Waals surface area contributed by atoms with E-state index in [1.807, 2.05) is 6.92 Å². The molecule has 1 aliphatic heterocycles. The predicted molar refractivity (Wildman–Crippen MR) is 43.4 cm³/mol. The first-order valence-corrected chi connectivity index (χ1v) is 4.62. The second kappa shape index (κ2) is 2.03. The molecule has 0 amide bonds. The van der Waals surface area contributed by atoms with E-state index in [-0.39, 0.29) is 35.6 Å². The fourth-order valence-corrected chi connectivity index (χ4v) is 3.07. The van der Waals surface area contributed by atoms with Gasteiger partial charge in [0.05, 0.1) is 11.8 Å². The maximum atomic E-state index is 11.3. The average Bonchev–Trinajstić information content (AvgIpc) is 2.64. The van der Waals surface area contributed by atoms with Crippen LogP contribution in [0.3, 0.4) is 0 Å². The second-order valence-corrected chi connectivity index (χ2v) is 4.21.